The highest BCUT2D eigenvalue weighted by Crippen LogP contribution is 2.23. The number of benzene rings is 1. The monoisotopic (exact) mass is 278 g/mol. The van der Waals surface area contributed by atoms with E-state index in [1.54, 1.807) is 12.1 Å². The minimum Gasteiger partial charge on any atom is -0.366 e. The third kappa shape index (κ3) is 1.93. The van der Waals surface area contributed by atoms with E-state index in [-0.39, 0.29) is 10.8 Å². The number of para-hydroxylation sites is 1. The highest BCUT2D eigenvalue weighted by molar-refractivity contribution is 7.91. The lowest BCUT2D eigenvalue weighted by Gasteiger charge is -1.97. The number of nitrogens with one attached hydrogen (secondary N) is 2. The average molecular weight is 278 g/mol. The molecule has 0 aliphatic carbocycles. The summed E-state index contributed by atoms with van der Waals surface area (Å²) in [5.74, 6) is 0.835. The molecule has 0 unspecified atom stereocenters. The highest BCUT2D eigenvalue weighted by Gasteiger charge is 2.16. The number of imidazole rings is 1. The maximum atomic E-state index is 11.7. The van der Waals surface area contributed by atoms with E-state index in [0.29, 0.717) is 22.7 Å². The highest BCUT2D eigenvalue weighted by atomic mass is 32.2. The molecule has 4 N–H and O–H groups in total. The molecular formula is C10H10N6O2S. The van der Waals surface area contributed by atoms with Crippen molar-refractivity contribution in [2.45, 2.75) is 4.90 Å². The van der Waals surface area contributed by atoms with Crippen LogP contribution in [0.5, 0.6) is 0 Å². The molecule has 9 heteroatoms. The van der Waals surface area contributed by atoms with E-state index in [4.69, 9.17) is 5.73 Å². The van der Waals surface area contributed by atoms with Gasteiger partial charge in [-0.3, -0.25) is 5.10 Å². The first-order valence-electron chi connectivity index (χ1n) is 5.32. The van der Waals surface area contributed by atoms with Crippen molar-refractivity contribution in [1.29, 1.82) is 0 Å². The summed E-state index contributed by atoms with van der Waals surface area (Å²) in [5, 5.41) is 6.31. The third-order valence-electron chi connectivity index (χ3n) is 2.60. The molecule has 0 fully saturated rings. The SMILES string of the molecule is CS(=O)(=O)c1cccc2[nH]c(-c3nc(N)n[nH]3)nc12. The number of aromatic amines is 2. The van der Waals surface area contributed by atoms with Crippen molar-refractivity contribution in [3.63, 3.8) is 0 Å². The van der Waals surface area contributed by atoms with Gasteiger partial charge in [0.2, 0.25) is 5.95 Å². The summed E-state index contributed by atoms with van der Waals surface area (Å²) in [5.41, 5.74) is 6.39. The van der Waals surface area contributed by atoms with Crippen molar-refractivity contribution in [2.24, 2.45) is 0 Å². The van der Waals surface area contributed by atoms with Crippen LogP contribution in [0.25, 0.3) is 22.7 Å². The molecule has 1 aromatic carbocycles. The maximum absolute atomic E-state index is 11.7. The Morgan fingerprint density at radius 2 is 2.00 bits per heavy atom. The first kappa shape index (κ1) is 11.7. The topological polar surface area (TPSA) is 130 Å². The van der Waals surface area contributed by atoms with E-state index < -0.39 is 9.84 Å². The van der Waals surface area contributed by atoms with E-state index in [9.17, 15) is 8.42 Å². The van der Waals surface area contributed by atoms with Gasteiger partial charge in [0.1, 0.15) is 5.52 Å². The van der Waals surface area contributed by atoms with Crippen LogP contribution in [0.1, 0.15) is 0 Å². The molecule has 3 rings (SSSR count). The lowest BCUT2D eigenvalue weighted by atomic mass is 10.3. The molecule has 0 bridgehead atoms. The zero-order valence-corrected chi connectivity index (χ0v) is 10.7. The van der Waals surface area contributed by atoms with Crippen molar-refractivity contribution in [3.05, 3.63) is 18.2 Å². The number of hydrogen-bond donors (Lipinski definition) is 3. The lowest BCUT2D eigenvalue weighted by Crippen LogP contribution is -1.97. The fourth-order valence-corrected chi connectivity index (χ4v) is 2.63. The van der Waals surface area contributed by atoms with Crippen LogP contribution in [-0.4, -0.2) is 39.8 Å². The van der Waals surface area contributed by atoms with Crippen LogP contribution in [0.2, 0.25) is 0 Å². The van der Waals surface area contributed by atoms with Crippen molar-refractivity contribution in [2.75, 3.05) is 12.0 Å². The molecule has 0 saturated heterocycles. The lowest BCUT2D eigenvalue weighted by molar-refractivity contribution is 0.602. The van der Waals surface area contributed by atoms with E-state index in [1.165, 1.54) is 6.07 Å². The fraction of sp³-hybridized carbons (Fsp3) is 0.100. The van der Waals surface area contributed by atoms with Crippen LogP contribution >= 0.6 is 0 Å². The van der Waals surface area contributed by atoms with E-state index in [2.05, 4.69) is 25.1 Å². The van der Waals surface area contributed by atoms with E-state index in [1.807, 2.05) is 0 Å². The first-order chi connectivity index (χ1) is 8.95. The van der Waals surface area contributed by atoms with Crippen LogP contribution in [-0.2, 0) is 9.84 Å². The second-order valence-electron chi connectivity index (χ2n) is 4.05. The van der Waals surface area contributed by atoms with Gasteiger partial charge in [-0.25, -0.2) is 13.4 Å². The molecule has 3 aromatic rings. The number of rotatable bonds is 2. The van der Waals surface area contributed by atoms with Crippen LogP contribution in [0.3, 0.4) is 0 Å². The molecule has 0 aliphatic heterocycles. The summed E-state index contributed by atoms with van der Waals surface area (Å²) in [6.07, 6.45) is 1.14. The fourth-order valence-electron chi connectivity index (χ4n) is 1.80. The van der Waals surface area contributed by atoms with Gasteiger partial charge in [-0.15, -0.1) is 5.10 Å². The van der Waals surface area contributed by atoms with Gasteiger partial charge in [0.15, 0.2) is 21.5 Å². The van der Waals surface area contributed by atoms with Crippen LogP contribution in [0.4, 0.5) is 5.95 Å². The van der Waals surface area contributed by atoms with Gasteiger partial charge in [0, 0.05) is 6.26 Å². The number of hydrogen-bond acceptors (Lipinski definition) is 6. The molecule has 0 radical (unpaired) electrons. The Bertz CT molecular complexity index is 863. The molecule has 0 spiro atoms. The van der Waals surface area contributed by atoms with Gasteiger partial charge in [0.05, 0.1) is 10.4 Å². The Morgan fingerprint density at radius 1 is 1.21 bits per heavy atom. The van der Waals surface area contributed by atoms with Crippen molar-refractivity contribution < 1.29 is 8.42 Å². The summed E-state index contributed by atoms with van der Waals surface area (Å²) in [4.78, 5) is 11.3. The minimum atomic E-state index is -3.35. The van der Waals surface area contributed by atoms with E-state index in [0.717, 1.165) is 6.26 Å². The minimum absolute atomic E-state index is 0.0961. The van der Waals surface area contributed by atoms with Gasteiger partial charge in [-0.05, 0) is 12.1 Å². The molecule has 2 heterocycles. The Labute approximate surface area is 108 Å². The Morgan fingerprint density at radius 3 is 2.63 bits per heavy atom. The van der Waals surface area contributed by atoms with Gasteiger partial charge < -0.3 is 10.7 Å². The predicted molar refractivity (Wildman–Crippen MR) is 69.0 cm³/mol. The number of nitrogens with zero attached hydrogens (tertiary/aromatic N) is 3. The molecule has 2 aromatic heterocycles. The summed E-state index contributed by atoms with van der Waals surface area (Å²) >= 11 is 0. The van der Waals surface area contributed by atoms with Gasteiger partial charge in [-0.2, -0.15) is 4.98 Å². The van der Waals surface area contributed by atoms with Crippen molar-refractivity contribution in [1.82, 2.24) is 25.1 Å². The van der Waals surface area contributed by atoms with Gasteiger partial charge >= 0.3 is 0 Å². The van der Waals surface area contributed by atoms with Crippen LogP contribution in [0, 0.1) is 0 Å². The Balaban J connectivity index is 2.27. The van der Waals surface area contributed by atoms with Gasteiger partial charge in [-0.1, -0.05) is 6.07 Å². The number of aromatic nitrogens is 5. The largest absolute Gasteiger partial charge is 0.366 e. The van der Waals surface area contributed by atoms with Crippen molar-refractivity contribution in [3.8, 4) is 11.6 Å². The first-order valence-corrected chi connectivity index (χ1v) is 7.21. The molecule has 98 valence electrons. The maximum Gasteiger partial charge on any atom is 0.239 e. The second-order valence-corrected chi connectivity index (χ2v) is 6.04. The normalized spacial score (nSPS) is 12.1. The molecule has 0 aliphatic rings. The summed E-state index contributed by atoms with van der Waals surface area (Å²) in [7, 11) is -3.35. The number of H-pyrrole nitrogens is 2. The van der Waals surface area contributed by atoms with Gasteiger partial charge in [0.25, 0.3) is 0 Å². The quantitative estimate of drug-likeness (QED) is 0.619. The number of sulfone groups is 1. The summed E-state index contributed by atoms with van der Waals surface area (Å²) in [6.45, 7) is 0. The molecule has 0 saturated carbocycles. The smallest absolute Gasteiger partial charge is 0.239 e. The summed E-state index contributed by atoms with van der Waals surface area (Å²) in [6, 6.07) is 4.90. The van der Waals surface area contributed by atoms with E-state index >= 15 is 0 Å². The molecule has 0 amide bonds. The zero-order valence-electron chi connectivity index (χ0n) is 9.88. The average Bonchev–Trinajstić information content (AvgIpc) is 2.92. The standard InChI is InChI=1S/C10H10N6O2S/c1-19(17,18)6-4-2-3-5-7(6)13-8(12-5)9-14-10(11)16-15-9/h2-4H,1H3,(H,12,13)(H3,11,14,15,16). The van der Waals surface area contributed by atoms with Crippen LogP contribution < -0.4 is 5.73 Å². The number of anilines is 1. The summed E-state index contributed by atoms with van der Waals surface area (Å²) < 4.78 is 23.4. The molecule has 8 nitrogen and oxygen atoms in total. The molecule has 0 atom stereocenters. The number of nitrogen functional groups attached to an aromatic ring is 1. The molecular weight excluding hydrogens is 268 g/mol. The number of nitrogens with two attached hydrogens (primary N) is 1. The second kappa shape index (κ2) is 3.79. The number of fused-ring (bicyclic) bond motifs is 1. The Kier molecular flexibility index (Phi) is 2.32. The predicted octanol–water partition coefficient (Wildman–Crippen LogP) is 0.334. The molecule has 19 heavy (non-hydrogen) atoms. The third-order valence-corrected chi connectivity index (χ3v) is 3.73. The zero-order chi connectivity index (χ0) is 13.6. The van der Waals surface area contributed by atoms with Crippen molar-refractivity contribution >= 4 is 26.8 Å². The van der Waals surface area contributed by atoms with Crippen LogP contribution in [0.15, 0.2) is 23.1 Å². The Hall–Kier alpha value is -2.42.